The minimum Gasteiger partial charge on any atom is -0.493 e. The van der Waals surface area contributed by atoms with E-state index in [4.69, 9.17) is 48.6 Å². The highest BCUT2D eigenvalue weighted by Gasteiger charge is 2.45. The number of nitrogens with one attached hydrogen (secondary N) is 2. The third-order valence-electron chi connectivity index (χ3n) is 6.62. The van der Waals surface area contributed by atoms with Crippen LogP contribution in [0.4, 0.5) is 11.5 Å². The molecule has 0 unspecified atom stereocenters. The quantitative estimate of drug-likeness (QED) is 0.296. The second-order valence-electron chi connectivity index (χ2n) is 9.16. The van der Waals surface area contributed by atoms with E-state index in [0.717, 1.165) is 6.54 Å². The number of nitrogens with two attached hydrogens (primary N) is 1. The first-order chi connectivity index (χ1) is 18.3. The Kier molecular flexibility index (Phi) is 7.27. The average Bonchev–Trinajstić information content (AvgIpc) is 2.91. The number of rotatable bonds is 7. The summed E-state index contributed by atoms with van der Waals surface area (Å²) in [5.74, 6) is 1.32. The Bertz CT molecular complexity index is 1410. The number of nitrogen functional groups attached to an aromatic ring is 1. The van der Waals surface area contributed by atoms with E-state index in [-0.39, 0.29) is 17.9 Å². The second kappa shape index (κ2) is 10.6. The van der Waals surface area contributed by atoms with E-state index in [0.29, 0.717) is 81.6 Å². The van der Waals surface area contributed by atoms with E-state index in [1.54, 1.807) is 24.4 Å². The maximum atomic E-state index is 9.84. The van der Waals surface area contributed by atoms with Crippen molar-refractivity contribution in [3.8, 4) is 17.6 Å². The van der Waals surface area contributed by atoms with E-state index in [9.17, 15) is 5.26 Å². The molecule has 38 heavy (non-hydrogen) atoms. The predicted octanol–water partition coefficient (Wildman–Crippen LogP) is 3.42. The summed E-state index contributed by atoms with van der Waals surface area (Å²) in [6.07, 6.45) is 4.54. The third kappa shape index (κ3) is 4.93. The molecule has 1 spiro atoms. The van der Waals surface area contributed by atoms with Crippen LogP contribution in [0.2, 0.25) is 10.0 Å². The largest absolute Gasteiger partial charge is 0.493 e. The van der Waals surface area contributed by atoms with Gasteiger partial charge in [0.25, 0.3) is 0 Å². The smallest absolute Gasteiger partial charge is 0.162 e. The summed E-state index contributed by atoms with van der Waals surface area (Å²) in [6.45, 7) is 3.59. The molecule has 5 rings (SSSR count). The number of hydrogen-bond donors (Lipinski definition) is 3. The Balaban J connectivity index is 1.38. The summed E-state index contributed by atoms with van der Waals surface area (Å²) in [7, 11) is 1.50. The number of pyridine rings is 2. The van der Waals surface area contributed by atoms with Gasteiger partial charge in [-0.2, -0.15) is 5.26 Å². The Labute approximate surface area is 229 Å². The summed E-state index contributed by atoms with van der Waals surface area (Å²) in [5.41, 5.74) is 8.38. The van der Waals surface area contributed by atoms with Gasteiger partial charge in [-0.3, -0.25) is 10.4 Å². The first-order valence-corrected chi connectivity index (χ1v) is 12.5. The van der Waals surface area contributed by atoms with Crippen molar-refractivity contribution in [3.05, 3.63) is 69.1 Å². The van der Waals surface area contributed by atoms with Crippen molar-refractivity contribution >= 4 is 40.4 Å². The normalized spacial score (nSPS) is 16.0. The second-order valence-corrected chi connectivity index (χ2v) is 9.97. The zero-order valence-corrected chi connectivity index (χ0v) is 22.1. The van der Waals surface area contributed by atoms with Crippen LogP contribution in [-0.4, -0.2) is 61.2 Å². The number of ether oxygens (including phenoxy) is 3. The molecular weight excluding hydrogens is 529 g/mol. The lowest BCUT2D eigenvalue weighted by atomic mass is 9.89. The lowest BCUT2D eigenvalue weighted by molar-refractivity contribution is 0.0134. The number of hydrogen-bond acceptors (Lipinski definition) is 10. The lowest BCUT2D eigenvalue weighted by Crippen LogP contribution is -2.74. The SMILES string of the molecule is COc1cc(N)c(C(=N)c2cnc(N3CC4(COCCN4)C3)c(C#N)c2)cc1OCc1c(Cl)cncc1Cl. The van der Waals surface area contributed by atoms with Gasteiger partial charge in [-0.05, 0) is 12.1 Å². The Morgan fingerprint density at radius 2 is 2.00 bits per heavy atom. The molecule has 2 saturated heterocycles. The van der Waals surface area contributed by atoms with Gasteiger partial charge in [0.15, 0.2) is 11.5 Å². The summed E-state index contributed by atoms with van der Waals surface area (Å²) >= 11 is 12.4. The maximum Gasteiger partial charge on any atom is 0.162 e. The van der Waals surface area contributed by atoms with Crippen LogP contribution in [-0.2, 0) is 11.3 Å². The molecule has 2 aliphatic rings. The highest BCUT2D eigenvalue weighted by Crippen LogP contribution is 2.36. The molecule has 0 atom stereocenters. The minimum absolute atomic E-state index is 0.0549. The van der Waals surface area contributed by atoms with Gasteiger partial charge < -0.3 is 30.2 Å². The van der Waals surface area contributed by atoms with Crippen LogP contribution in [0.3, 0.4) is 0 Å². The predicted molar refractivity (Wildman–Crippen MR) is 145 cm³/mol. The van der Waals surface area contributed by atoms with Crippen LogP contribution in [0.25, 0.3) is 0 Å². The molecule has 2 aromatic heterocycles. The molecule has 0 radical (unpaired) electrons. The van der Waals surface area contributed by atoms with Gasteiger partial charge in [0, 0.05) is 66.7 Å². The molecule has 3 aromatic rings. The van der Waals surface area contributed by atoms with E-state index >= 15 is 0 Å². The fourth-order valence-electron chi connectivity index (χ4n) is 4.62. The summed E-state index contributed by atoms with van der Waals surface area (Å²) < 4.78 is 17.0. The fraction of sp³-hybridized carbons (Fsp3) is 0.308. The maximum absolute atomic E-state index is 9.84. The average molecular weight is 554 g/mol. The van der Waals surface area contributed by atoms with Crippen molar-refractivity contribution in [2.45, 2.75) is 12.1 Å². The molecule has 0 aliphatic carbocycles. The van der Waals surface area contributed by atoms with Crippen LogP contribution >= 0.6 is 23.2 Å². The molecular formula is C26H25Cl2N7O3. The lowest BCUT2D eigenvalue weighted by Gasteiger charge is -2.52. The molecule has 1 aromatic carbocycles. The highest BCUT2D eigenvalue weighted by atomic mass is 35.5. The van der Waals surface area contributed by atoms with Crippen molar-refractivity contribution in [1.29, 1.82) is 10.7 Å². The zero-order valence-electron chi connectivity index (χ0n) is 20.6. The number of benzene rings is 1. The topological polar surface area (TPSA) is 142 Å². The molecule has 2 fully saturated rings. The molecule has 196 valence electrons. The van der Waals surface area contributed by atoms with Crippen LogP contribution < -0.4 is 25.4 Å². The number of nitrogens with zero attached hydrogens (tertiary/aromatic N) is 4. The van der Waals surface area contributed by atoms with Gasteiger partial charge in [0.05, 0.1) is 47.2 Å². The van der Waals surface area contributed by atoms with Crippen LogP contribution in [0.1, 0.15) is 22.3 Å². The fourth-order valence-corrected chi connectivity index (χ4v) is 5.09. The number of methoxy groups -OCH3 is 1. The van der Waals surface area contributed by atoms with Crippen molar-refractivity contribution in [2.75, 3.05) is 50.6 Å². The van der Waals surface area contributed by atoms with Gasteiger partial charge in [-0.15, -0.1) is 0 Å². The number of halogens is 2. The molecule has 0 saturated carbocycles. The summed E-state index contributed by atoms with van der Waals surface area (Å²) in [4.78, 5) is 10.5. The Morgan fingerprint density at radius 1 is 1.24 bits per heavy atom. The molecule has 0 amide bonds. The molecule has 12 heteroatoms. The number of anilines is 2. The van der Waals surface area contributed by atoms with Gasteiger partial charge >= 0.3 is 0 Å². The summed E-state index contributed by atoms with van der Waals surface area (Å²) in [6, 6.07) is 7.07. The van der Waals surface area contributed by atoms with Crippen LogP contribution in [0.15, 0.2) is 36.8 Å². The van der Waals surface area contributed by atoms with Gasteiger partial charge in [-0.1, -0.05) is 23.2 Å². The Morgan fingerprint density at radius 3 is 2.66 bits per heavy atom. The van der Waals surface area contributed by atoms with Crippen molar-refractivity contribution < 1.29 is 14.2 Å². The van der Waals surface area contributed by atoms with Crippen molar-refractivity contribution in [1.82, 2.24) is 15.3 Å². The van der Waals surface area contributed by atoms with Crippen molar-refractivity contribution in [2.24, 2.45) is 0 Å². The van der Waals surface area contributed by atoms with Gasteiger partial charge in [0.1, 0.15) is 18.5 Å². The van der Waals surface area contributed by atoms with E-state index in [2.05, 4.69) is 21.4 Å². The van der Waals surface area contributed by atoms with Crippen molar-refractivity contribution in [3.63, 3.8) is 0 Å². The van der Waals surface area contributed by atoms with E-state index in [1.165, 1.54) is 19.5 Å². The first-order valence-electron chi connectivity index (χ1n) is 11.8. The van der Waals surface area contributed by atoms with Crippen LogP contribution in [0, 0.1) is 16.7 Å². The molecule has 10 nitrogen and oxygen atoms in total. The number of aromatic nitrogens is 2. The van der Waals surface area contributed by atoms with Gasteiger partial charge in [0.2, 0.25) is 0 Å². The minimum atomic E-state index is -0.100. The molecule has 2 aliphatic heterocycles. The van der Waals surface area contributed by atoms with E-state index < -0.39 is 0 Å². The van der Waals surface area contributed by atoms with Gasteiger partial charge in [-0.25, -0.2) is 4.98 Å². The Hall–Kier alpha value is -3.62. The number of nitriles is 1. The van der Waals surface area contributed by atoms with E-state index in [1.807, 2.05) is 4.90 Å². The third-order valence-corrected chi connectivity index (χ3v) is 7.27. The zero-order chi connectivity index (χ0) is 26.9. The first kappa shape index (κ1) is 26.0. The standard InChI is InChI=1S/C26H25Cl2N7O3/c1-36-22-6-21(30)17(5-23(22)38-11-18-19(27)9-32-10-20(18)28)24(31)16-4-15(7-29)25(33-8-16)35-12-26(13-35)14-37-3-2-34-26/h4-6,8-10,31,34H,2-3,11-14,30H2,1H3. The highest BCUT2D eigenvalue weighted by molar-refractivity contribution is 6.35. The molecule has 4 heterocycles. The molecule has 4 N–H and O–H groups in total. The molecule has 0 bridgehead atoms. The number of morpholine rings is 1. The summed E-state index contributed by atoms with van der Waals surface area (Å²) in [5, 5.41) is 22.9. The monoisotopic (exact) mass is 553 g/mol. The van der Waals surface area contributed by atoms with Crippen LogP contribution in [0.5, 0.6) is 11.5 Å².